The van der Waals surface area contributed by atoms with Crippen molar-refractivity contribution in [2.75, 3.05) is 39.2 Å². The summed E-state index contributed by atoms with van der Waals surface area (Å²) in [7, 11) is -1.74. The van der Waals surface area contributed by atoms with Crippen LogP contribution in [0.1, 0.15) is 91.6 Å². The molecule has 2 aromatic rings. The van der Waals surface area contributed by atoms with Crippen LogP contribution in [0.5, 0.6) is 5.75 Å². The van der Waals surface area contributed by atoms with Crippen molar-refractivity contribution in [3.63, 3.8) is 0 Å². The van der Waals surface area contributed by atoms with E-state index < -0.39 is 20.2 Å². The molecular formula is C33H52ClN3O7S. The van der Waals surface area contributed by atoms with Crippen molar-refractivity contribution in [2.24, 2.45) is 0 Å². The van der Waals surface area contributed by atoms with Crippen LogP contribution >= 0.6 is 11.6 Å². The summed E-state index contributed by atoms with van der Waals surface area (Å²) in [5, 5.41) is 0.977. The summed E-state index contributed by atoms with van der Waals surface area (Å²) in [6.07, 6.45) is 2.59. The van der Waals surface area contributed by atoms with Crippen molar-refractivity contribution < 1.29 is 32.2 Å². The number of para-hydroxylation sites is 1. The highest BCUT2D eigenvalue weighted by atomic mass is 35.5. The van der Waals surface area contributed by atoms with Crippen molar-refractivity contribution in [3.05, 3.63) is 28.9 Å². The maximum absolute atomic E-state index is 14.6. The number of carbonyl (C=O) groups excluding carboxylic acids is 2. The first-order chi connectivity index (χ1) is 20.9. The number of benzene rings is 1. The summed E-state index contributed by atoms with van der Waals surface area (Å²) in [6, 6.07) is 5.03. The Morgan fingerprint density at radius 3 is 2.38 bits per heavy atom. The Hall–Kier alpha value is -2.50. The summed E-state index contributed by atoms with van der Waals surface area (Å²) >= 11 is 7.05. The molecule has 0 aliphatic carbocycles. The summed E-state index contributed by atoms with van der Waals surface area (Å²) < 4.78 is 43.5. The molecule has 0 N–H and O–H groups in total. The highest BCUT2D eigenvalue weighted by Crippen LogP contribution is 2.38. The van der Waals surface area contributed by atoms with Crippen LogP contribution in [0.25, 0.3) is 10.9 Å². The molecule has 1 saturated heterocycles. The van der Waals surface area contributed by atoms with Gasteiger partial charge in [0.15, 0.2) is 9.84 Å². The van der Waals surface area contributed by atoms with E-state index in [1.807, 2.05) is 50.2 Å². The van der Waals surface area contributed by atoms with Crippen molar-refractivity contribution in [3.8, 4) is 5.75 Å². The van der Waals surface area contributed by atoms with Gasteiger partial charge in [0.05, 0.1) is 27.1 Å². The van der Waals surface area contributed by atoms with Gasteiger partial charge in [-0.3, -0.25) is 4.79 Å². The fourth-order valence-electron chi connectivity index (χ4n) is 5.59. The van der Waals surface area contributed by atoms with Gasteiger partial charge in [-0.2, -0.15) is 0 Å². The molecular weight excluding hydrogens is 618 g/mol. The number of unbranched alkanes of at least 4 members (excludes halogenated alkanes) is 1. The normalized spacial score (nSPS) is 16.3. The van der Waals surface area contributed by atoms with E-state index in [1.54, 1.807) is 44.9 Å². The number of carbonyl (C=O) groups is 2. The molecule has 10 nitrogen and oxygen atoms in total. The van der Waals surface area contributed by atoms with Crippen molar-refractivity contribution in [1.29, 1.82) is 0 Å². The number of hydrogen-bond donors (Lipinski definition) is 0. The molecule has 1 aliphatic heterocycles. The van der Waals surface area contributed by atoms with E-state index in [2.05, 4.69) is 0 Å². The predicted molar refractivity (Wildman–Crippen MR) is 179 cm³/mol. The van der Waals surface area contributed by atoms with E-state index in [4.69, 9.17) is 25.8 Å². The molecule has 1 aromatic heterocycles. The number of ether oxygens (including phenoxy) is 3. The Morgan fingerprint density at radius 2 is 1.78 bits per heavy atom. The van der Waals surface area contributed by atoms with E-state index >= 15 is 0 Å². The van der Waals surface area contributed by atoms with Gasteiger partial charge in [0, 0.05) is 44.8 Å². The van der Waals surface area contributed by atoms with Gasteiger partial charge >= 0.3 is 6.09 Å². The van der Waals surface area contributed by atoms with Crippen molar-refractivity contribution in [2.45, 2.75) is 110 Å². The van der Waals surface area contributed by atoms with E-state index in [0.717, 1.165) is 25.7 Å². The van der Waals surface area contributed by atoms with Crippen LogP contribution in [0.15, 0.2) is 18.2 Å². The lowest BCUT2D eigenvalue weighted by molar-refractivity contribution is 0.00733. The van der Waals surface area contributed by atoms with Crippen LogP contribution in [0, 0.1) is 0 Å². The molecule has 0 bridgehead atoms. The number of fused-ring (bicyclic) bond motifs is 1. The topological polar surface area (TPSA) is 107 Å². The first-order valence-electron chi connectivity index (χ1n) is 15.8. The largest absolute Gasteiger partial charge is 0.490 e. The number of likely N-dealkylation sites (tertiary alicyclic amines) is 1. The molecule has 2 amide bonds. The fraction of sp³-hybridized carbons (Fsp3) is 0.697. The molecule has 0 unspecified atom stereocenters. The molecule has 45 heavy (non-hydrogen) atoms. The van der Waals surface area contributed by atoms with Crippen LogP contribution in [0.4, 0.5) is 4.79 Å². The van der Waals surface area contributed by atoms with Gasteiger partial charge in [-0.1, -0.05) is 23.7 Å². The number of nitrogens with zero attached hydrogens (tertiary/aromatic N) is 3. The van der Waals surface area contributed by atoms with Gasteiger partial charge in [0.25, 0.3) is 5.91 Å². The predicted octanol–water partition coefficient (Wildman–Crippen LogP) is 6.56. The van der Waals surface area contributed by atoms with E-state index in [9.17, 15) is 18.0 Å². The summed E-state index contributed by atoms with van der Waals surface area (Å²) in [5.41, 5.74) is 0.385. The van der Waals surface area contributed by atoms with Gasteiger partial charge in [-0.25, -0.2) is 13.2 Å². The van der Waals surface area contributed by atoms with Gasteiger partial charge in [0.1, 0.15) is 23.7 Å². The van der Waals surface area contributed by atoms with E-state index in [-0.39, 0.29) is 36.4 Å². The fourth-order valence-corrected chi connectivity index (χ4v) is 6.84. The SMILES string of the molecule is COCCCCn1c(C(=O)N(C(C)C)[C@@H]2CCCN(C(=O)OC(C)(C)C)C2)c(Cl)c2cccc(OCCS(=O)(=O)C(C)(C)C)c21. The molecule has 1 atom stereocenters. The number of amides is 2. The third kappa shape index (κ3) is 9.07. The summed E-state index contributed by atoms with van der Waals surface area (Å²) in [6.45, 7) is 16.4. The average molecular weight is 670 g/mol. The number of aryl methyl sites for hydroxylation is 1. The lowest BCUT2D eigenvalue weighted by Gasteiger charge is -2.41. The van der Waals surface area contributed by atoms with Crippen LogP contribution in [-0.2, 0) is 25.9 Å². The standard InChI is InChI=1S/C33H52ClN3O7S/c1-23(2)37(24-14-13-17-35(22-24)31(39)44-32(3,4)5)30(38)29-27(34)25-15-12-16-26(28(25)36(29)18-10-11-19-42-9)43-20-21-45(40,41)33(6,7)8/h12,15-16,23-24H,10-11,13-14,17-22H2,1-9H3/t24-/m1/s1. The lowest BCUT2D eigenvalue weighted by atomic mass is 10.0. The Labute approximate surface area is 274 Å². The smallest absolute Gasteiger partial charge is 0.410 e. The maximum atomic E-state index is 14.6. The minimum atomic E-state index is -3.39. The molecule has 2 heterocycles. The average Bonchev–Trinajstić information content (AvgIpc) is 3.21. The Bertz CT molecular complexity index is 1440. The highest BCUT2D eigenvalue weighted by molar-refractivity contribution is 7.92. The number of sulfone groups is 1. The van der Waals surface area contributed by atoms with Crippen LogP contribution < -0.4 is 4.74 Å². The number of rotatable bonds is 12. The molecule has 3 rings (SSSR count). The maximum Gasteiger partial charge on any atom is 0.410 e. The van der Waals surface area contributed by atoms with Gasteiger partial charge in [-0.05, 0) is 87.1 Å². The highest BCUT2D eigenvalue weighted by Gasteiger charge is 2.37. The van der Waals surface area contributed by atoms with Crippen LogP contribution in [0.3, 0.4) is 0 Å². The number of halogens is 1. The molecule has 0 radical (unpaired) electrons. The minimum Gasteiger partial charge on any atom is -0.490 e. The minimum absolute atomic E-state index is 0.0326. The third-order valence-electron chi connectivity index (χ3n) is 7.94. The van der Waals surface area contributed by atoms with Crippen LogP contribution in [-0.4, -0.2) is 96.4 Å². The summed E-state index contributed by atoms with van der Waals surface area (Å²) in [4.78, 5) is 31.1. The second-order valence-electron chi connectivity index (χ2n) is 14.0. The second-order valence-corrected chi connectivity index (χ2v) is 17.2. The zero-order valence-electron chi connectivity index (χ0n) is 28.4. The molecule has 1 aliphatic rings. The van der Waals surface area contributed by atoms with E-state index in [0.29, 0.717) is 53.6 Å². The van der Waals surface area contributed by atoms with Gasteiger partial charge < -0.3 is 28.6 Å². The lowest BCUT2D eigenvalue weighted by Crippen LogP contribution is -2.54. The second kappa shape index (κ2) is 14.9. The first kappa shape index (κ1) is 37.0. The quantitative estimate of drug-likeness (QED) is 0.236. The zero-order valence-corrected chi connectivity index (χ0v) is 30.0. The van der Waals surface area contributed by atoms with Crippen LogP contribution in [0.2, 0.25) is 5.02 Å². The first-order valence-corrected chi connectivity index (χ1v) is 17.9. The summed E-state index contributed by atoms with van der Waals surface area (Å²) in [5.74, 6) is 0.0992. The van der Waals surface area contributed by atoms with Crippen molar-refractivity contribution >= 4 is 44.3 Å². The van der Waals surface area contributed by atoms with E-state index in [1.165, 1.54) is 0 Å². The molecule has 1 fully saturated rings. The number of hydrogen-bond acceptors (Lipinski definition) is 7. The van der Waals surface area contributed by atoms with Gasteiger partial charge in [-0.15, -0.1) is 0 Å². The number of methoxy groups -OCH3 is 1. The zero-order chi connectivity index (χ0) is 33.7. The molecule has 12 heteroatoms. The number of piperidine rings is 1. The monoisotopic (exact) mass is 669 g/mol. The Balaban J connectivity index is 2.03. The Kier molecular flexibility index (Phi) is 12.3. The van der Waals surface area contributed by atoms with Crippen molar-refractivity contribution in [1.82, 2.24) is 14.4 Å². The molecule has 1 aromatic carbocycles. The van der Waals surface area contributed by atoms with Gasteiger partial charge in [0.2, 0.25) is 0 Å². The Morgan fingerprint density at radius 1 is 1.09 bits per heavy atom. The molecule has 0 saturated carbocycles. The molecule has 0 spiro atoms. The third-order valence-corrected chi connectivity index (χ3v) is 10.9. The number of aromatic nitrogens is 1. The molecule has 254 valence electrons.